The molecule has 5 heteroatoms. The van der Waals surface area contributed by atoms with Crippen molar-refractivity contribution in [1.29, 1.82) is 0 Å². The Bertz CT molecular complexity index is 1200. The molecule has 4 aromatic rings. The van der Waals surface area contributed by atoms with Crippen molar-refractivity contribution in [3.8, 4) is 16.9 Å². The van der Waals surface area contributed by atoms with Crippen LogP contribution in [0.1, 0.15) is 23.6 Å². The van der Waals surface area contributed by atoms with Crippen LogP contribution in [0.15, 0.2) is 72.9 Å². The summed E-state index contributed by atoms with van der Waals surface area (Å²) in [4.78, 5) is 15.3. The number of nitrogens with two attached hydrogens (primary N) is 1. The smallest absolute Gasteiger partial charge is 0.310 e. The highest BCUT2D eigenvalue weighted by Crippen LogP contribution is 2.31. The third-order valence-corrected chi connectivity index (χ3v) is 5.20. The van der Waals surface area contributed by atoms with E-state index in [0.29, 0.717) is 25.5 Å². The summed E-state index contributed by atoms with van der Waals surface area (Å²) in [6.07, 6.45) is 2.14. The van der Waals surface area contributed by atoms with E-state index in [-0.39, 0.29) is 12.4 Å². The van der Waals surface area contributed by atoms with Gasteiger partial charge >= 0.3 is 5.97 Å². The number of aromatic amines is 1. The van der Waals surface area contributed by atoms with Crippen LogP contribution in [0, 0.1) is 0 Å². The zero-order valence-electron chi connectivity index (χ0n) is 17.6. The molecular weight excluding hydrogens is 388 g/mol. The molecule has 3 N–H and O–H groups in total. The molecule has 0 fully saturated rings. The molecule has 0 amide bonds. The molecule has 0 atom stereocenters. The number of hydrogen-bond donors (Lipinski definition) is 2. The molecule has 158 valence electrons. The van der Waals surface area contributed by atoms with Gasteiger partial charge in [-0.1, -0.05) is 36.4 Å². The fourth-order valence-electron chi connectivity index (χ4n) is 3.73. The Labute approximate surface area is 181 Å². The lowest BCUT2D eigenvalue weighted by Crippen LogP contribution is -2.09. The van der Waals surface area contributed by atoms with Gasteiger partial charge in [0, 0.05) is 29.3 Å². The SMILES string of the molecule is CCOC(=O)Cc1ccccc1OCc1cc(-c2cccc(CN)c2)c2[nH]ccc2c1. The number of carbonyl (C=O) groups excluding carboxylic acids is 1. The lowest BCUT2D eigenvalue weighted by atomic mass is 9.98. The van der Waals surface area contributed by atoms with Crippen LogP contribution >= 0.6 is 0 Å². The van der Waals surface area contributed by atoms with E-state index < -0.39 is 0 Å². The molecule has 5 nitrogen and oxygen atoms in total. The molecule has 4 rings (SSSR count). The lowest BCUT2D eigenvalue weighted by molar-refractivity contribution is -0.142. The van der Waals surface area contributed by atoms with Crippen molar-refractivity contribution in [2.75, 3.05) is 6.61 Å². The lowest BCUT2D eigenvalue weighted by Gasteiger charge is -2.13. The summed E-state index contributed by atoms with van der Waals surface area (Å²) in [5, 5.41) is 1.12. The zero-order valence-corrected chi connectivity index (χ0v) is 17.6. The molecule has 0 saturated carbocycles. The molecule has 31 heavy (non-hydrogen) atoms. The summed E-state index contributed by atoms with van der Waals surface area (Å²) >= 11 is 0. The summed E-state index contributed by atoms with van der Waals surface area (Å²) in [5.41, 5.74) is 12.1. The second-order valence-electron chi connectivity index (χ2n) is 7.37. The minimum Gasteiger partial charge on any atom is -0.489 e. The Morgan fingerprint density at radius 3 is 2.71 bits per heavy atom. The van der Waals surface area contributed by atoms with Gasteiger partial charge in [-0.25, -0.2) is 0 Å². The van der Waals surface area contributed by atoms with Crippen LogP contribution in [-0.4, -0.2) is 17.6 Å². The highest BCUT2D eigenvalue weighted by Gasteiger charge is 2.12. The summed E-state index contributed by atoms with van der Waals surface area (Å²) in [6.45, 7) is 3.07. The Balaban J connectivity index is 1.61. The molecule has 1 heterocycles. The maximum atomic E-state index is 11.9. The number of aromatic nitrogens is 1. The van der Waals surface area contributed by atoms with E-state index in [0.717, 1.165) is 38.7 Å². The Morgan fingerprint density at radius 1 is 1.00 bits per heavy atom. The van der Waals surface area contributed by atoms with Crippen LogP contribution in [0.25, 0.3) is 22.0 Å². The van der Waals surface area contributed by atoms with Gasteiger partial charge < -0.3 is 20.2 Å². The van der Waals surface area contributed by atoms with Gasteiger partial charge in [0.15, 0.2) is 0 Å². The average molecular weight is 415 g/mol. The Hall–Kier alpha value is -3.57. The molecule has 0 spiro atoms. The Kier molecular flexibility index (Phi) is 6.34. The van der Waals surface area contributed by atoms with E-state index in [4.69, 9.17) is 15.2 Å². The van der Waals surface area contributed by atoms with Crippen molar-refractivity contribution in [3.63, 3.8) is 0 Å². The van der Waals surface area contributed by atoms with Gasteiger partial charge in [0.2, 0.25) is 0 Å². The van der Waals surface area contributed by atoms with Crippen molar-refractivity contribution < 1.29 is 14.3 Å². The second-order valence-corrected chi connectivity index (χ2v) is 7.37. The number of nitrogens with one attached hydrogen (secondary N) is 1. The molecule has 0 bridgehead atoms. The number of rotatable bonds is 8. The van der Waals surface area contributed by atoms with Crippen LogP contribution in [0.2, 0.25) is 0 Å². The summed E-state index contributed by atoms with van der Waals surface area (Å²) < 4.78 is 11.2. The van der Waals surface area contributed by atoms with Gasteiger partial charge in [-0.05, 0) is 53.9 Å². The highest BCUT2D eigenvalue weighted by molar-refractivity contribution is 5.95. The number of benzene rings is 3. The molecule has 0 radical (unpaired) electrons. The third kappa shape index (κ3) is 4.78. The topological polar surface area (TPSA) is 77.3 Å². The van der Waals surface area contributed by atoms with E-state index in [1.807, 2.05) is 42.6 Å². The largest absolute Gasteiger partial charge is 0.489 e. The van der Waals surface area contributed by atoms with Gasteiger partial charge in [0.1, 0.15) is 12.4 Å². The third-order valence-electron chi connectivity index (χ3n) is 5.20. The van der Waals surface area contributed by atoms with Crippen molar-refractivity contribution in [2.45, 2.75) is 26.5 Å². The number of fused-ring (bicyclic) bond motifs is 1. The first-order valence-electron chi connectivity index (χ1n) is 10.4. The Morgan fingerprint density at radius 2 is 1.87 bits per heavy atom. The molecule has 0 aliphatic carbocycles. The predicted molar refractivity (Wildman–Crippen MR) is 123 cm³/mol. The first kappa shape index (κ1) is 20.7. The fourth-order valence-corrected chi connectivity index (χ4v) is 3.73. The van der Waals surface area contributed by atoms with Crippen LogP contribution < -0.4 is 10.5 Å². The van der Waals surface area contributed by atoms with E-state index in [9.17, 15) is 4.79 Å². The van der Waals surface area contributed by atoms with Gasteiger partial charge in [0.05, 0.1) is 18.5 Å². The van der Waals surface area contributed by atoms with Crippen LogP contribution in [0.5, 0.6) is 5.75 Å². The standard InChI is InChI=1S/C26H26N2O3/c1-2-30-25(29)15-21-7-3-4-9-24(21)31-17-19-13-22-10-11-28-26(22)23(14-19)20-8-5-6-18(12-20)16-27/h3-14,28H,2,15-17,27H2,1H3. The van der Waals surface area contributed by atoms with Gasteiger partial charge in [-0.2, -0.15) is 0 Å². The first-order valence-corrected chi connectivity index (χ1v) is 10.4. The number of esters is 1. The van der Waals surface area contributed by atoms with Crippen molar-refractivity contribution in [1.82, 2.24) is 4.98 Å². The number of para-hydroxylation sites is 1. The van der Waals surface area contributed by atoms with Gasteiger partial charge in [-0.15, -0.1) is 0 Å². The van der Waals surface area contributed by atoms with Gasteiger partial charge in [-0.3, -0.25) is 4.79 Å². The molecule has 3 aromatic carbocycles. The molecule has 1 aromatic heterocycles. The quantitative estimate of drug-likeness (QED) is 0.399. The zero-order chi connectivity index (χ0) is 21.6. The van der Waals surface area contributed by atoms with Gasteiger partial charge in [0.25, 0.3) is 0 Å². The van der Waals surface area contributed by atoms with Crippen LogP contribution in [0.3, 0.4) is 0 Å². The monoisotopic (exact) mass is 414 g/mol. The summed E-state index contributed by atoms with van der Waals surface area (Å²) in [7, 11) is 0. The van der Waals surface area contributed by atoms with E-state index in [1.54, 1.807) is 6.92 Å². The minimum atomic E-state index is -0.255. The number of H-pyrrole nitrogens is 1. The van der Waals surface area contributed by atoms with Crippen molar-refractivity contribution in [2.24, 2.45) is 5.73 Å². The second kappa shape index (κ2) is 9.49. The molecule has 0 unspecified atom stereocenters. The van der Waals surface area contributed by atoms with Crippen LogP contribution in [-0.2, 0) is 29.1 Å². The van der Waals surface area contributed by atoms with E-state index >= 15 is 0 Å². The molecular formula is C26H26N2O3. The van der Waals surface area contributed by atoms with E-state index in [2.05, 4.69) is 35.3 Å². The number of hydrogen-bond acceptors (Lipinski definition) is 4. The molecule has 0 aliphatic rings. The average Bonchev–Trinajstić information content (AvgIpc) is 3.27. The summed E-state index contributed by atoms with van der Waals surface area (Å²) in [6, 6.07) is 22.2. The normalized spacial score (nSPS) is 10.9. The predicted octanol–water partition coefficient (Wildman–Crippen LogP) is 4.98. The van der Waals surface area contributed by atoms with Crippen molar-refractivity contribution in [3.05, 3.63) is 89.6 Å². The minimum absolute atomic E-state index is 0.192. The van der Waals surface area contributed by atoms with E-state index in [1.165, 1.54) is 0 Å². The maximum absolute atomic E-state index is 11.9. The highest BCUT2D eigenvalue weighted by atomic mass is 16.5. The first-order chi connectivity index (χ1) is 15.2. The fraction of sp³-hybridized carbons (Fsp3) is 0.192. The maximum Gasteiger partial charge on any atom is 0.310 e. The number of carbonyl (C=O) groups is 1. The number of ether oxygens (including phenoxy) is 2. The molecule has 0 aliphatic heterocycles. The van der Waals surface area contributed by atoms with Crippen molar-refractivity contribution >= 4 is 16.9 Å². The summed E-state index contributed by atoms with van der Waals surface area (Å²) in [5.74, 6) is 0.436. The molecule has 0 saturated heterocycles. The van der Waals surface area contributed by atoms with Crippen LogP contribution in [0.4, 0.5) is 0 Å².